The van der Waals surface area contributed by atoms with E-state index in [1.54, 1.807) is 31.4 Å². The van der Waals surface area contributed by atoms with Gasteiger partial charge in [-0.15, -0.1) is 0 Å². The molecule has 0 saturated heterocycles. The molecular weight excluding hydrogens is 537 g/mol. The normalized spacial score (nSPS) is 10.0. The Labute approximate surface area is 199 Å². The summed E-state index contributed by atoms with van der Waals surface area (Å²) in [6.45, 7) is 0.329. The number of carbonyl (C=O) groups is 1. The van der Waals surface area contributed by atoms with Crippen LogP contribution in [0.3, 0.4) is 0 Å². The van der Waals surface area contributed by atoms with Crippen LogP contribution >= 0.6 is 15.9 Å². The van der Waals surface area contributed by atoms with E-state index < -0.39 is 0 Å². The first-order chi connectivity index (χ1) is 12.6. The van der Waals surface area contributed by atoms with E-state index in [1.165, 1.54) is 12.1 Å². The van der Waals surface area contributed by atoms with Crippen LogP contribution in [0.1, 0.15) is 21.5 Å². The van der Waals surface area contributed by atoms with Crippen LogP contribution in [0.15, 0.2) is 71.2 Å². The summed E-state index contributed by atoms with van der Waals surface area (Å²) in [5.41, 5.74) is 1.75. The second kappa shape index (κ2) is 10.2. The number of benzene rings is 3. The van der Waals surface area contributed by atoms with E-state index in [0.29, 0.717) is 33.7 Å². The van der Waals surface area contributed by atoms with Gasteiger partial charge in [0.2, 0.25) is 0 Å². The van der Waals surface area contributed by atoms with Crippen LogP contribution in [0, 0.1) is 41.3 Å². The molecule has 6 heteroatoms. The first-order valence-electron chi connectivity index (χ1n) is 7.96. The molecule has 0 aliphatic rings. The Morgan fingerprint density at radius 3 is 2.44 bits per heavy atom. The van der Waals surface area contributed by atoms with Crippen molar-refractivity contribution < 1.29 is 60.7 Å². The van der Waals surface area contributed by atoms with Crippen LogP contribution in [0.4, 0.5) is 0 Å². The van der Waals surface area contributed by atoms with Crippen molar-refractivity contribution >= 4 is 21.7 Å². The molecule has 135 valence electrons. The Morgan fingerprint density at radius 1 is 1.00 bits per heavy atom. The molecule has 0 aromatic heterocycles. The van der Waals surface area contributed by atoms with Crippen molar-refractivity contribution in [3.8, 4) is 17.2 Å². The smallest absolute Gasteiger partial charge is 0.198 e. The molecule has 0 heterocycles. The minimum absolute atomic E-state index is 0. The maximum Gasteiger partial charge on any atom is 0.198 e. The van der Waals surface area contributed by atoms with Crippen molar-refractivity contribution in [2.24, 2.45) is 0 Å². The predicted octanol–water partition coefficient (Wildman–Crippen LogP) is 4.97. The van der Waals surface area contributed by atoms with E-state index in [2.05, 4.69) is 15.9 Å². The Kier molecular flexibility index (Phi) is 8.27. The van der Waals surface area contributed by atoms with E-state index in [4.69, 9.17) is 9.47 Å². The van der Waals surface area contributed by atoms with E-state index >= 15 is 0 Å². The average molecular weight is 554 g/mol. The van der Waals surface area contributed by atoms with Crippen molar-refractivity contribution in [1.29, 1.82) is 0 Å². The minimum atomic E-state index is -0.251. The second-order valence-electron chi connectivity index (χ2n) is 5.63. The topological polar surface area (TPSA) is 55.8 Å². The van der Waals surface area contributed by atoms with Gasteiger partial charge >= 0.3 is 0 Å². The SMILES string of the molecule is COc1ccc(C(=O)c2cc(O)ccc2Br)c(OCc2ccccc2)c1.[Pr]. The van der Waals surface area contributed by atoms with Gasteiger partial charge < -0.3 is 14.6 Å². The zero-order chi connectivity index (χ0) is 18.5. The van der Waals surface area contributed by atoms with Crippen molar-refractivity contribution in [3.63, 3.8) is 0 Å². The summed E-state index contributed by atoms with van der Waals surface area (Å²) < 4.78 is 11.8. The standard InChI is InChI=1S/C21H17BrO4.Pr/c1-25-16-8-9-17(21(24)18-11-15(23)7-10-19(18)22)20(12-16)26-13-14-5-3-2-4-6-14;/h2-12,23H,13H2,1H3;. The van der Waals surface area contributed by atoms with Crippen LogP contribution in [-0.2, 0) is 6.61 Å². The van der Waals surface area contributed by atoms with Gasteiger partial charge in [0.25, 0.3) is 0 Å². The molecule has 0 aliphatic carbocycles. The molecule has 1 N–H and O–H groups in total. The summed E-state index contributed by atoms with van der Waals surface area (Å²) in [4.78, 5) is 13.0. The molecule has 3 aromatic rings. The molecule has 3 aromatic carbocycles. The first-order valence-corrected chi connectivity index (χ1v) is 8.76. The summed E-state index contributed by atoms with van der Waals surface area (Å²) >= 11 is 3.36. The molecular formula is C21H17BrO4Pr. The third kappa shape index (κ3) is 5.53. The molecule has 1 radical (unpaired) electrons. The molecule has 0 atom stereocenters. The summed E-state index contributed by atoms with van der Waals surface area (Å²) in [5.74, 6) is 0.795. The minimum Gasteiger partial charge on any atom is -0.508 e. The number of methoxy groups -OCH3 is 1. The van der Waals surface area contributed by atoms with Gasteiger partial charge in [-0.2, -0.15) is 0 Å². The molecule has 0 amide bonds. The van der Waals surface area contributed by atoms with Gasteiger partial charge in [-0.3, -0.25) is 4.79 Å². The number of rotatable bonds is 6. The van der Waals surface area contributed by atoms with Crippen LogP contribution in [-0.4, -0.2) is 18.0 Å². The zero-order valence-electron chi connectivity index (χ0n) is 14.7. The van der Waals surface area contributed by atoms with Gasteiger partial charge in [0, 0.05) is 57.4 Å². The number of hydrogen-bond acceptors (Lipinski definition) is 4. The maximum atomic E-state index is 13.0. The maximum absolute atomic E-state index is 13.0. The van der Waals surface area contributed by atoms with Crippen LogP contribution in [0.2, 0.25) is 0 Å². The molecule has 3 rings (SSSR count). The molecule has 0 unspecified atom stereocenters. The molecule has 0 saturated carbocycles. The number of phenolic OH excluding ortho intramolecular Hbond substituents is 1. The third-order valence-electron chi connectivity index (χ3n) is 3.87. The number of hydrogen-bond donors (Lipinski definition) is 1. The number of aromatic hydroxyl groups is 1. The number of ketones is 1. The van der Waals surface area contributed by atoms with Crippen molar-refractivity contribution in [2.75, 3.05) is 7.11 Å². The van der Waals surface area contributed by atoms with Gasteiger partial charge in [0.15, 0.2) is 5.78 Å². The Bertz CT molecular complexity index is 929. The monoisotopic (exact) mass is 553 g/mol. The number of carbonyl (C=O) groups excluding carboxylic acids is 1. The summed E-state index contributed by atoms with van der Waals surface area (Å²) in [5, 5.41) is 9.71. The van der Waals surface area contributed by atoms with Crippen LogP contribution in [0.5, 0.6) is 17.2 Å². The number of ether oxygens (including phenoxy) is 2. The van der Waals surface area contributed by atoms with Crippen LogP contribution in [0.25, 0.3) is 0 Å². The molecule has 0 aliphatic heterocycles. The zero-order valence-corrected chi connectivity index (χ0v) is 20.0. The van der Waals surface area contributed by atoms with Gasteiger partial charge in [-0.05, 0) is 35.9 Å². The summed E-state index contributed by atoms with van der Waals surface area (Å²) in [6, 6.07) is 19.3. The summed E-state index contributed by atoms with van der Waals surface area (Å²) in [7, 11) is 1.56. The molecule has 0 fully saturated rings. The first kappa shape index (κ1) is 21.9. The van der Waals surface area contributed by atoms with E-state index in [-0.39, 0.29) is 52.8 Å². The molecule has 0 bridgehead atoms. The van der Waals surface area contributed by atoms with Crippen molar-refractivity contribution in [1.82, 2.24) is 0 Å². The fraction of sp³-hybridized carbons (Fsp3) is 0.0952. The van der Waals surface area contributed by atoms with Crippen molar-refractivity contribution in [2.45, 2.75) is 6.61 Å². The van der Waals surface area contributed by atoms with Gasteiger partial charge in [0.05, 0.1) is 12.7 Å². The summed E-state index contributed by atoms with van der Waals surface area (Å²) in [6.07, 6.45) is 0. The fourth-order valence-corrected chi connectivity index (χ4v) is 2.93. The van der Waals surface area contributed by atoms with Gasteiger partial charge in [-0.1, -0.05) is 46.3 Å². The second-order valence-corrected chi connectivity index (χ2v) is 6.48. The Hall–Kier alpha value is -1.43. The Balaban J connectivity index is 0.00000261. The molecule has 0 spiro atoms. The third-order valence-corrected chi connectivity index (χ3v) is 4.56. The van der Waals surface area contributed by atoms with Crippen molar-refractivity contribution in [3.05, 3.63) is 87.9 Å². The molecule has 4 nitrogen and oxygen atoms in total. The predicted molar refractivity (Wildman–Crippen MR) is 103 cm³/mol. The van der Waals surface area contributed by atoms with Gasteiger partial charge in [0.1, 0.15) is 23.9 Å². The van der Waals surface area contributed by atoms with E-state index in [0.717, 1.165) is 5.56 Å². The average Bonchev–Trinajstić information content (AvgIpc) is 2.68. The fourth-order valence-electron chi connectivity index (χ4n) is 2.50. The number of phenols is 1. The van der Waals surface area contributed by atoms with E-state index in [9.17, 15) is 9.90 Å². The van der Waals surface area contributed by atoms with Crippen LogP contribution < -0.4 is 9.47 Å². The largest absolute Gasteiger partial charge is 0.508 e. The quantitative estimate of drug-likeness (QED) is 0.438. The number of halogens is 1. The van der Waals surface area contributed by atoms with E-state index in [1.807, 2.05) is 30.3 Å². The van der Waals surface area contributed by atoms with Gasteiger partial charge in [-0.25, -0.2) is 0 Å². The molecule has 27 heavy (non-hydrogen) atoms. The Morgan fingerprint density at radius 2 is 1.74 bits per heavy atom.